The number of nitrogens with zero attached hydrogens (tertiary/aromatic N) is 1. The number of hydrogen-bond acceptors (Lipinski definition) is 5. The van der Waals surface area contributed by atoms with Gasteiger partial charge in [0.2, 0.25) is 0 Å². The molecule has 1 amide bonds. The maximum Gasteiger partial charge on any atom is 0.573 e. The quantitative estimate of drug-likeness (QED) is 0.265. The number of carbonyl (C=O) groups is 1. The van der Waals surface area contributed by atoms with Gasteiger partial charge in [-0.2, -0.15) is 5.10 Å². The number of alkyl halides is 3. The molecular formula is C21H13Br2F3N2O4. The van der Waals surface area contributed by atoms with Gasteiger partial charge in [-0.3, -0.25) is 4.79 Å². The molecule has 0 aliphatic heterocycles. The van der Waals surface area contributed by atoms with Crippen molar-refractivity contribution in [3.63, 3.8) is 0 Å². The van der Waals surface area contributed by atoms with Gasteiger partial charge in [0.15, 0.2) is 0 Å². The first kappa shape index (κ1) is 23.6. The van der Waals surface area contributed by atoms with Crippen LogP contribution in [-0.4, -0.2) is 23.6 Å². The van der Waals surface area contributed by atoms with Crippen molar-refractivity contribution >= 4 is 44.0 Å². The highest BCUT2D eigenvalue weighted by Crippen LogP contribution is 2.33. The minimum atomic E-state index is -4.82. The van der Waals surface area contributed by atoms with Gasteiger partial charge in [0, 0.05) is 11.6 Å². The molecule has 3 aromatic carbocycles. The summed E-state index contributed by atoms with van der Waals surface area (Å²) >= 11 is 6.40. The normalized spacial score (nSPS) is 11.4. The van der Waals surface area contributed by atoms with Crippen LogP contribution in [0.2, 0.25) is 0 Å². The van der Waals surface area contributed by atoms with E-state index < -0.39 is 18.0 Å². The number of nitrogens with one attached hydrogen (secondary N) is 1. The van der Waals surface area contributed by atoms with Crippen LogP contribution in [-0.2, 0) is 0 Å². The van der Waals surface area contributed by atoms with Crippen LogP contribution in [0.15, 0.2) is 74.7 Å². The van der Waals surface area contributed by atoms with E-state index in [0.29, 0.717) is 14.5 Å². The number of benzene rings is 3. The van der Waals surface area contributed by atoms with Gasteiger partial charge in [-0.1, -0.05) is 12.1 Å². The van der Waals surface area contributed by atoms with E-state index in [9.17, 15) is 23.1 Å². The van der Waals surface area contributed by atoms with Crippen LogP contribution in [0.1, 0.15) is 15.9 Å². The van der Waals surface area contributed by atoms with E-state index in [1.165, 1.54) is 30.5 Å². The third-order valence-electron chi connectivity index (χ3n) is 3.79. The summed E-state index contributed by atoms with van der Waals surface area (Å²) in [5.74, 6) is -0.579. The largest absolute Gasteiger partial charge is 0.573 e. The number of phenolic OH excluding ortho intramolecular Hbond substituents is 1. The van der Waals surface area contributed by atoms with Crippen molar-refractivity contribution in [3.05, 3.63) is 80.7 Å². The highest BCUT2D eigenvalue weighted by molar-refractivity contribution is 9.11. The molecule has 11 heteroatoms. The molecule has 166 valence electrons. The molecule has 0 aliphatic carbocycles. The third-order valence-corrected chi connectivity index (χ3v) is 5.00. The van der Waals surface area contributed by atoms with Crippen LogP contribution in [0.4, 0.5) is 13.2 Å². The predicted molar refractivity (Wildman–Crippen MR) is 118 cm³/mol. The molecule has 32 heavy (non-hydrogen) atoms. The Morgan fingerprint density at radius 1 is 0.969 bits per heavy atom. The van der Waals surface area contributed by atoms with Gasteiger partial charge >= 0.3 is 6.36 Å². The Kier molecular flexibility index (Phi) is 7.41. The van der Waals surface area contributed by atoms with Crippen molar-refractivity contribution in [2.24, 2.45) is 5.10 Å². The summed E-state index contributed by atoms with van der Waals surface area (Å²) in [5, 5.41) is 13.6. The van der Waals surface area contributed by atoms with Crippen LogP contribution >= 0.6 is 31.9 Å². The molecule has 3 aromatic rings. The Labute approximate surface area is 196 Å². The summed E-state index contributed by atoms with van der Waals surface area (Å²) < 4.78 is 47.4. The van der Waals surface area contributed by atoms with Crippen molar-refractivity contribution in [1.29, 1.82) is 0 Å². The van der Waals surface area contributed by atoms with Gasteiger partial charge in [-0.05, 0) is 79.9 Å². The van der Waals surface area contributed by atoms with Crippen LogP contribution < -0.4 is 14.9 Å². The van der Waals surface area contributed by atoms with Gasteiger partial charge < -0.3 is 14.6 Å². The van der Waals surface area contributed by atoms with Gasteiger partial charge in [-0.25, -0.2) is 5.43 Å². The van der Waals surface area contributed by atoms with E-state index in [0.717, 1.165) is 12.1 Å². The molecule has 6 nitrogen and oxygen atoms in total. The lowest BCUT2D eigenvalue weighted by Crippen LogP contribution is -2.17. The second-order valence-corrected chi connectivity index (χ2v) is 7.89. The second kappa shape index (κ2) is 10.0. The number of amides is 1. The lowest BCUT2D eigenvalue weighted by atomic mass is 10.2. The van der Waals surface area contributed by atoms with Gasteiger partial charge in [0.05, 0.1) is 15.2 Å². The first-order valence-electron chi connectivity index (χ1n) is 8.76. The molecule has 0 bridgehead atoms. The number of carbonyl (C=O) groups excluding carboxylic acids is 1. The van der Waals surface area contributed by atoms with Gasteiger partial charge in [-0.15, -0.1) is 13.2 Å². The summed E-state index contributed by atoms with van der Waals surface area (Å²) in [7, 11) is 0. The van der Waals surface area contributed by atoms with Crippen molar-refractivity contribution in [2.45, 2.75) is 6.36 Å². The maximum absolute atomic E-state index is 12.4. The minimum Gasteiger partial charge on any atom is -0.506 e. The van der Waals surface area contributed by atoms with E-state index in [1.807, 2.05) is 0 Å². The highest BCUT2D eigenvalue weighted by atomic mass is 79.9. The molecule has 0 atom stereocenters. The zero-order chi connectivity index (χ0) is 23.3. The average Bonchev–Trinajstić information content (AvgIpc) is 2.71. The van der Waals surface area contributed by atoms with Crippen molar-refractivity contribution in [2.75, 3.05) is 0 Å². The van der Waals surface area contributed by atoms with Crippen molar-refractivity contribution < 1.29 is 32.5 Å². The number of aromatic hydroxyl groups is 1. The zero-order valence-electron chi connectivity index (χ0n) is 15.9. The topological polar surface area (TPSA) is 80.2 Å². The second-order valence-electron chi connectivity index (χ2n) is 6.18. The number of halogens is 5. The Morgan fingerprint density at radius 3 is 2.22 bits per heavy atom. The average molecular weight is 574 g/mol. The molecule has 3 rings (SSSR count). The fourth-order valence-corrected chi connectivity index (χ4v) is 3.68. The number of rotatable bonds is 6. The van der Waals surface area contributed by atoms with Gasteiger partial charge in [0.25, 0.3) is 5.91 Å². The van der Waals surface area contributed by atoms with Crippen molar-refractivity contribution in [3.8, 4) is 23.0 Å². The molecule has 2 N–H and O–H groups in total. The van der Waals surface area contributed by atoms with Crippen LogP contribution in [0.25, 0.3) is 0 Å². The lowest BCUT2D eigenvalue weighted by molar-refractivity contribution is -0.274. The standard InChI is InChI=1S/C21H13Br2F3N2O4/c22-17-7-12(8-18(23)19(17)29)11-27-28-20(30)13-3-1-4-14(9-13)31-15-5-2-6-16(10-15)32-21(24,25)26/h1-11,29H,(H,28,30)/b27-11+. The van der Waals surface area contributed by atoms with Crippen LogP contribution in [0, 0.1) is 0 Å². The Morgan fingerprint density at radius 2 is 1.56 bits per heavy atom. The highest BCUT2D eigenvalue weighted by Gasteiger charge is 2.31. The summed E-state index contributed by atoms with van der Waals surface area (Å²) in [6.45, 7) is 0. The smallest absolute Gasteiger partial charge is 0.506 e. The molecule has 0 unspecified atom stereocenters. The fourth-order valence-electron chi connectivity index (χ4n) is 2.46. The van der Waals surface area contributed by atoms with Gasteiger partial charge in [0.1, 0.15) is 23.0 Å². The fraction of sp³-hybridized carbons (Fsp3) is 0.0476. The van der Waals surface area contributed by atoms with E-state index in [4.69, 9.17) is 4.74 Å². The first-order chi connectivity index (χ1) is 15.1. The Bertz CT molecular complexity index is 1150. The maximum atomic E-state index is 12.4. The Balaban J connectivity index is 1.67. The Hall–Kier alpha value is -3.05. The zero-order valence-corrected chi connectivity index (χ0v) is 19.0. The van der Waals surface area contributed by atoms with E-state index in [1.54, 1.807) is 24.3 Å². The lowest BCUT2D eigenvalue weighted by Gasteiger charge is -2.11. The molecule has 0 heterocycles. The molecule has 0 aromatic heterocycles. The van der Waals surface area contributed by atoms with E-state index in [2.05, 4.69) is 47.1 Å². The minimum absolute atomic E-state index is 0.0403. The number of phenols is 1. The molecule has 0 saturated carbocycles. The SMILES string of the molecule is O=C(N/N=C/c1cc(Br)c(O)c(Br)c1)c1cccc(Oc2cccc(OC(F)(F)F)c2)c1. The summed E-state index contributed by atoms with van der Waals surface area (Å²) in [6, 6.07) is 14.3. The molecule has 0 radical (unpaired) electrons. The molecule has 0 saturated heterocycles. The number of hydrazone groups is 1. The predicted octanol–water partition coefficient (Wildman–Crippen LogP) is 6.37. The van der Waals surface area contributed by atoms with E-state index >= 15 is 0 Å². The summed E-state index contributed by atoms with van der Waals surface area (Å²) in [4.78, 5) is 12.4. The first-order valence-corrected chi connectivity index (χ1v) is 10.3. The van der Waals surface area contributed by atoms with Crippen LogP contribution in [0.5, 0.6) is 23.0 Å². The number of hydrogen-bond donors (Lipinski definition) is 2. The summed E-state index contributed by atoms with van der Waals surface area (Å²) in [5.41, 5.74) is 3.19. The third kappa shape index (κ3) is 6.72. The van der Waals surface area contributed by atoms with Crippen LogP contribution in [0.3, 0.4) is 0 Å². The molecule has 0 aliphatic rings. The van der Waals surface area contributed by atoms with E-state index in [-0.39, 0.29) is 22.8 Å². The molecule has 0 fully saturated rings. The molecular weight excluding hydrogens is 561 g/mol. The summed E-state index contributed by atoms with van der Waals surface area (Å²) in [6.07, 6.45) is -3.43. The monoisotopic (exact) mass is 572 g/mol. The number of ether oxygens (including phenoxy) is 2. The van der Waals surface area contributed by atoms with Crippen molar-refractivity contribution in [1.82, 2.24) is 5.43 Å². The molecule has 0 spiro atoms.